The Bertz CT molecular complexity index is 1270. The molecule has 32 heavy (non-hydrogen) atoms. The molecule has 1 aliphatic heterocycles. The van der Waals surface area contributed by atoms with Crippen molar-refractivity contribution in [1.82, 2.24) is 9.47 Å². The number of anilines is 1. The molecule has 2 aromatic carbocycles. The van der Waals surface area contributed by atoms with E-state index < -0.39 is 23.0 Å². The number of piperazine rings is 1. The molecule has 166 valence electrons. The summed E-state index contributed by atoms with van der Waals surface area (Å²) in [7, 11) is 1.98. The van der Waals surface area contributed by atoms with E-state index in [2.05, 4.69) is 4.90 Å². The molecule has 1 fully saturated rings. The number of pyridine rings is 1. The Hall–Kier alpha value is -3.38. The van der Waals surface area contributed by atoms with Gasteiger partial charge in [0.1, 0.15) is 5.82 Å². The van der Waals surface area contributed by atoms with Crippen LogP contribution in [0.25, 0.3) is 10.9 Å². The Morgan fingerprint density at radius 3 is 2.47 bits per heavy atom. The van der Waals surface area contributed by atoms with Crippen LogP contribution in [0.15, 0.2) is 47.4 Å². The van der Waals surface area contributed by atoms with Crippen molar-refractivity contribution in [2.75, 3.05) is 38.1 Å². The van der Waals surface area contributed by atoms with Gasteiger partial charge >= 0.3 is 12.2 Å². The van der Waals surface area contributed by atoms with Crippen molar-refractivity contribution in [2.45, 2.75) is 12.7 Å². The molecule has 1 saturated heterocycles. The molecule has 0 aliphatic carbocycles. The van der Waals surface area contributed by atoms with Crippen LogP contribution in [-0.2, 0) is 12.7 Å². The van der Waals surface area contributed by atoms with Gasteiger partial charge in [0.15, 0.2) is 5.56 Å². The van der Waals surface area contributed by atoms with Gasteiger partial charge in [0, 0.05) is 38.9 Å². The van der Waals surface area contributed by atoms with Crippen LogP contribution in [0, 0.1) is 11.9 Å². The lowest BCUT2D eigenvalue weighted by atomic mass is 10.1. The quantitative estimate of drug-likeness (QED) is 0.629. The maximum Gasteiger partial charge on any atom is 0.416 e. The van der Waals surface area contributed by atoms with Crippen LogP contribution in [-0.4, -0.2) is 42.7 Å². The molecule has 0 saturated carbocycles. The summed E-state index contributed by atoms with van der Waals surface area (Å²) in [6.45, 7) is 2.77. The van der Waals surface area contributed by atoms with Crippen LogP contribution in [0.1, 0.15) is 16.7 Å². The third-order valence-electron chi connectivity index (χ3n) is 5.73. The lowest BCUT2D eigenvalue weighted by molar-refractivity contribution is -0.137. The van der Waals surface area contributed by atoms with Crippen LogP contribution in [0.5, 0.6) is 0 Å². The number of benzene rings is 2. The van der Waals surface area contributed by atoms with Crippen LogP contribution >= 0.6 is 0 Å². The van der Waals surface area contributed by atoms with Gasteiger partial charge in [0.2, 0.25) is 5.43 Å². The van der Waals surface area contributed by atoms with Gasteiger partial charge < -0.3 is 14.4 Å². The van der Waals surface area contributed by atoms with Crippen LogP contribution < -0.4 is 15.6 Å². The number of likely N-dealkylation sites (N-methyl/N-ethyl adjacent to an activating group) is 1. The van der Waals surface area contributed by atoms with E-state index in [0.29, 0.717) is 29.9 Å². The predicted octanol–water partition coefficient (Wildman–Crippen LogP) is 2.08. The number of nitrogens with zero attached hydrogens (tertiary/aromatic N) is 3. The summed E-state index contributed by atoms with van der Waals surface area (Å²) in [4.78, 5) is 16.7. The van der Waals surface area contributed by atoms with Crippen molar-refractivity contribution >= 4 is 16.6 Å². The topological polar surface area (TPSA) is 52.3 Å². The molecule has 2 heterocycles. The standard InChI is InChI=1S/C23H20F4N4O/c1-29-5-7-30(8-6-29)21-11-20-18(10-19(21)24)22(32)16(12-28)14-31(20)13-15-3-2-4-17(9-15)23(25,26)27/h2-4,9-11,14H,5-8,13H2,1H3/p+1. The summed E-state index contributed by atoms with van der Waals surface area (Å²) in [5.74, 6) is -0.549. The van der Waals surface area contributed by atoms with E-state index in [1.165, 1.54) is 12.3 Å². The molecule has 0 spiro atoms. The molecule has 0 atom stereocenters. The van der Waals surface area contributed by atoms with E-state index in [1.807, 2.05) is 18.0 Å². The summed E-state index contributed by atoms with van der Waals surface area (Å²) < 4.78 is 55.9. The number of hydrogen-bond donors (Lipinski definition) is 1. The number of halogens is 4. The van der Waals surface area contributed by atoms with E-state index in [-0.39, 0.29) is 17.5 Å². The van der Waals surface area contributed by atoms with Gasteiger partial charge in [-0.05, 0) is 36.9 Å². The number of rotatable bonds is 3. The fraction of sp³-hybridized carbons (Fsp3) is 0.304. The number of alkyl halides is 3. The number of nitrogens with one attached hydrogen (secondary N) is 1. The maximum atomic E-state index is 15.0. The molecule has 4 rings (SSSR count). The van der Waals surface area contributed by atoms with E-state index >= 15 is 0 Å². The summed E-state index contributed by atoms with van der Waals surface area (Å²) in [5.41, 5.74) is -0.305. The van der Waals surface area contributed by atoms with Crippen molar-refractivity contribution < 1.29 is 22.8 Å². The molecule has 9 heteroatoms. The zero-order valence-electron chi connectivity index (χ0n) is 17.3. The molecular weight excluding hydrogens is 424 g/mol. The fourth-order valence-corrected chi connectivity index (χ4v) is 3.95. The lowest BCUT2D eigenvalue weighted by Gasteiger charge is -2.34. The van der Waals surface area contributed by atoms with Crippen molar-refractivity contribution in [3.63, 3.8) is 0 Å². The van der Waals surface area contributed by atoms with E-state index in [1.54, 1.807) is 16.7 Å². The van der Waals surface area contributed by atoms with Crippen molar-refractivity contribution in [1.29, 1.82) is 0 Å². The van der Waals surface area contributed by atoms with Gasteiger partial charge in [-0.15, -0.1) is 0 Å². The highest BCUT2D eigenvalue weighted by molar-refractivity contribution is 5.84. The maximum absolute atomic E-state index is 15.0. The van der Waals surface area contributed by atoms with Gasteiger partial charge in [-0.3, -0.25) is 4.79 Å². The second-order valence-electron chi connectivity index (χ2n) is 7.93. The monoisotopic (exact) mass is 445 g/mol. The minimum atomic E-state index is -4.48. The number of fused-ring (bicyclic) bond motifs is 1. The van der Waals surface area contributed by atoms with Crippen LogP contribution in [0.3, 0.4) is 0 Å². The Labute approximate surface area is 181 Å². The molecular formula is C23H21F4N4O+. The van der Waals surface area contributed by atoms with E-state index in [0.717, 1.165) is 31.3 Å². The second-order valence-corrected chi connectivity index (χ2v) is 7.93. The van der Waals surface area contributed by atoms with Gasteiger partial charge in [0.25, 0.3) is 0 Å². The summed E-state index contributed by atoms with van der Waals surface area (Å²) in [5, 5.41) is 7.47. The number of aromatic nitrogens is 1. The largest absolute Gasteiger partial charge is 0.416 e. The molecule has 1 aliphatic rings. The Morgan fingerprint density at radius 2 is 1.81 bits per heavy atom. The first kappa shape index (κ1) is 21.8. The summed E-state index contributed by atoms with van der Waals surface area (Å²) >= 11 is 0. The molecule has 1 N–H and O–H groups in total. The first-order valence-electron chi connectivity index (χ1n) is 10.1. The Morgan fingerprint density at radius 1 is 1.09 bits per heavy atom. The summed E-state index contributed by atoms with van der Waals surface area (Å²) in [6, 6.07) is 9.68. The molecule has 0 amide bonds. The predicted molar refractivity (Wildman–Crippen MR) is 112 cm³/mol. The third kappa shape index (κ3) is 4.18. The van der Waals surface area contributed by atoms with Crippen molar-refractivity contribution in [3.05, 3.63) is 75.3 Å². The summed E-state index contributed by atoms with van der Waals surface area (Å²) in [6.07, 6.45) is -3.10. The minimum absolute atomic E-state index is 0.0171. The molecule has 0 unspecified atom stereocenters. The second kappa shape index (κ2) is 8.28. The fourth-order valence-electron chi connectivity index (χ4n) is 3.95. The van der Waals surface area contributed by atoms with E-state index in [4.69, 9.17) is 5.26 Å². The first-order chi connectivity index (χ1) is 15.2. The smallest absolute Gasteiger partial charge is 0.367 e. The first-order valence-corrected chi connectivity index (χ1v) is 10.1. The van der Waals surface area contributed by atoms with Gasteiger partial charge in [-0.1, -0.05) is 17.4 Å². The molecule has 1 aromatic heterocycles. The third-order valence-corrected chi connectivity index (χ3v) is 5.73. The molecule has 5 nitrogen and oxygen atoms in total. The van der Waals surface area contributed by atoms with Crippen LogP contribution in [0.4, 0.5) is 23.2 Å². The van der Waals surface area contributed by atoms with Crippen molar-refractivity contribution in [3.8, 4) is 6.07 Å². The normalized spacial score (nSPS) is 15.2. The highest BCUT2D eigenvalue weighted by Crippen LogP contribution is 2.30. The van der Waals surface area contributed by atoms with Crippen LogP contribution in [0.2, 0.25) is 0 Å². The Kier molecular flexibility index (Phi) is 5.65. The zero-order valence-corrected chi connectivity index (χ0v) is 17.3. The molecule has 0 bridgehead atoms. The van der Waals surface area contributed by atoms with Gasteiger partial charge in [-0.25, -0.2) is 4.39 Å². The average molecular weight is 445 g/mol. The minimum Gasteiger partial charge on any atom is -0.367 e. The van der Waals surface area contributed by atoms with Crippen molar-refractivity contribution in [2.24, 2.45) is 0 Å². The average Bonchev–Trinajstić information content (AvgIpc) is 2.76. The Balaban J connectivity index is 1.84. The zero-order chi connectivity index (χ0) is 23.0. The number of hydrogen-bond acceptors (Lipinski definition) is 3. The highest BCUT2D eigenvalue weighted by Gasteiger charge is 2.30. The lowest BCUT2D eigenvalue weighted by Crippen LogP contribution is -2.44. The molecule has 3 aromatic rings. The van der Waals surface area contributed by atoms with E-state index in [9.17, 15) is 22.4 Å². The SMILES string of the molecule is CN1CCN(c2cc3c(cc2F)c(=O)c(C#[NH+])cn3Cc2cccc(C(F)(F)F)c2)CC1. The highest BCUT2D eigenvalue weighted by atomic mass is 19.4. The van der Waals surface area contributed by atoms with Gasteiger partial charge in [0.05, 0.1) is 22.2 Å². The molecule has 0 radical (unpaired) electrons. The van der Waals surface area contributed by atoms with Gasteiger partial charge in [-0.2, -0.15) is 13.2 Å².